The molecule has 0 radical (unpaired) electrons. The van der Waals surface area contributed by atoms with Crippen LogP contribution >= 0.6 is 31.9 Å². The van der Waals surface area contributed by atoms with E-state index in [1.807, 2.05) is 19.1 Å². The van der Waals surface area contributed by atoms with Gasteiger partial charge in [-0.1, -0.05) is 18.2 Å². The first kappa shape index (κ1) is 14.7. The standard InChI is InChI=1S/C15H14Br2FN/c1-10(12-3-2-4-13(18)8-12)19-9-11-5-6-14(16)15(17)7-11/h2-8,10,19H,9H2,1H3/t10-/m1/s1. The lowest BCUT2D eigenvalue weighted by Crippen LogP contribution is -2.18. The Hall–Kier alpha value is -0.710. The minimum atomic E-state index is -0.197. The zero-order chi connectivity index (χ0) is 13.8. The third kappa shape index (κ3) is 4.13. The molecule has 2 aromatic rings. The Balaban J connectivity index is 2.00. The van der Waals surface area contributed by atoms with E-state index in [1.54, 1.807) is 12.1 Å². The van der Waals surface area contributed by atoms with Crippen LogP contribution in [0.5, 0.6) is 0 Å². The van der Waals surface area contributed by atoms with Crippen LogP contribution in [-0.4, -0.2) is 0 Å². The summed E-state index contributed by atoms with van der Waals surface area (Å²) in [5.74, 6) is -0.197. The van der Waals surface area contributed by atoms with Crippen LogP contribution in [0.25, 0.3) is 0 Å². The van der Waals surface area contributed by atoms with Crippen molar-refractivity contribution in [2.24, 2.45) is 0 Å². The number of hydrogen-bond donors (Lipinski definition) is 1. The van der Waals surface area contributed by atoms with Gasteiger partial charge in [0.15, 0.2) is 0 Å². The van der Waals surface area contributed by atoms with Crippen molar-refractivity contribution in [3.05, 3.63) is 68.4 Å². The topological polar surface area (TPSA) is 12.0 Å². The average Bonchev–Trinajstić information content (AvgIpc) is 2.40. The molecule has 0 amide bonds. The SMILES string of the molecule is C[C@@H](NCc1ccc(Br)c(Br)c1)c1cccc(F)c1. The van der Waals surface area contributed by atoms with Crippen molar-refractivity contribution in [2.75, 3.05) is 0 Å². The molecule has 0 unspecified atom stereocenters. The van der Waals surface area contributed by atoms with Gasteiger partial charge >= 0.3 is 0 Å². The molecule has 2 aromatic carbocycles. The van der Waals surface area contributed by atoms with Crippen LogP contribution in [-0.2, 0) is 6.54 Å². The van der Waals surface area contributed by atoms with Crippen molar-refractivity contribution in [3.8, 4) is 0 Å². The Morgan fingerprint density at radius 1 is 1.11 bits per heavy atom. The monoisotopic (exact) mass is 385 g/mol. The molecule has 2 rings (SSSR count). The van der Waals surface area contributed by atoms with E-state index in [2.05, 4.69) is 49.3 Å². The Morgan fingerprint density at radius 3 is 2.58 bits per heavy atom. The number of hydrogen-bond acceptors (Lipinski definition) is 1. The van der Waals surface area contributed by atoms with E-state index in [0.717, 1.165) is 21.1 Å². The van der Waals surface area contributed by atoms with Gasteiger partial charge in [0.25, 0.3) is 0 Å². The second-order valence-corrected chi connectivity index (χ2v) is 6.11. The smallest absolute Gasteiger partial charge is 0.123 e. The van der Waals surface area contributed by atoms with Crippen LogP contribution < -0.4 is 5.32 Å². The normalized spacial score (nSPS) is 12.4. The third-order valence-corrected chi connectivity index (χ3v) is 4.82. The average molecular weight is 387 g/mol. The molecule has 0 aliphatic carbocycles. The first-order valence-electron chi connectivity index (χ1n) is 5.99. The highest BCUT2D eigenvalue weighted by Gasteiger charge is 2.06. The predicted molar refractivity (Wildman–Crippen MR) is 83.5 cm³/mol. The summed E-state index contributed by atoms with van der Waals surface area (Å²) in [6.45, 7) is 2.77. The van der Waals surface area contributed by atoms with Crippen LogP contribution in [0.1, 0.15) is 24.1 Å². The molecule has 100 valence electrons. The molecule has 0 heterocycles. The lowest BCUT2D eigenvalue weighted by molar-refractivity contribution is 0.565. The lowest BCUT2D eigenvalue weighted by atomic mass is 10.1. The van der Waals surface area contributed by atoms with Crippen molar-refractivity contribution in [1.82, 2.24) is 5.32 Å². The van der Waals surface area contributed by atoms with Crippen LogP contribution in [0.4, 0.5) is 4.39 Å². The van der Waals surface area contributed by atoms with E-state index in [1.165, 1.54) is 11.6 Å². The lowest BCUT2D eigenvalue weighted by Gasteiger charge is -2.14. The maximum atomic E-state index is 13.1. The molecule has 0 saturated carbocycles. The van der Waals surface area contributed by atoms with Crippen LogP contribution in [0, 0.1) is 5.82 Å². The fraction of sp³-hybridized carbons (Fsp3) is 0.200. The zero-order valence-corrected chi connectivity index (χ0v) is 13.6. The summed E-state index contributed by atoms with van der Waals surface area (Å²) in [5, 5.41) is 3.39. The fourth-order valence-corrected chi connectivity index (χ4v) is 2.49. The molecule has 19 heavy (non-hydrogen) atoms. The minimum absolute atomic E-state index is 0.109. The molecular formula is C15H14Br2FN. The number of halogens is 3. The van der Waals surface area contributed by atoms with Crippen LogP contribution in [0.2, 0.25) is 0 Å². The van der Waals surface area contributed by atoms with E-state index in [0.29, 0.717) is 0 Å². The maximum absolute atomic E-state index is 13.1. The quantitative estimate of drug-likeness (QED) is 0.761. The molecule has 0 aliphatic heterocycles. The summed E-state index contributed by atoms with van der Waals surface area (Å²) in [4.78, 5) is 0. The summed E-state index contributed by atoms with van der Waals surface area (Å²) < 4.78 is 15.2. The second kappa shape index (κ2) is 6.64. The Morgan fingerprint density at radius 2 is 1.89 bits per heavy atom. The Kier molecular flexibility index (Phi) is 5.13. The molecule has 0 aliphatic rings. The molecule has 0 spiro atoms. The van der Waals surface area contributed by atoms with Gasteiger partial charge in [-0.05, 0) is 74.2 Å². The van der Waals surface area contributed by atoms with Gasteiger partial charge in [0.05, 0.1) is 0 Å². The maximum Gasteiger partial charge on any atom is 0.123 e. The molecular weight excluding hydrogens is 373 g/mol. The fourth-order valence-electron chi connectivity index (χ4n) is 1.81. The summed E-state index contributed by atoms with van der Waals surface area (Å²) in [7, 11) is 0. The number of rotatable bonds is 4. The van der Waals surface area contributed by atoms with Gasteiger partial charge in [-0.15, -0.1) is 0 Å². The van der Waals surface area contributed by atoms with Crippen molar-refractivity contribution >= 4 is 31.9 Å². The minimum Gasteiger partial charge on any atom is -0.306 e. The Labute approximate surface area is 129 Å². The summed E-state index contributed by atoms with van der Waals surface area (Å²) >= 11 is 6.93. The molecule has 1 nitrogen and oxygen atoms in total. The first-order valence-corrected chi connectivity index (χ1v) is 7.57. The van der Waals surface area contributed by atoms with E-state index in [9.17, 15) is 4.39 Å². The van der Waals surface area contributed by atoms with Crippen molar-refractivity contribution in [1.29, 1.82) is 0 Å². The highest BCUT2D eigenvalue weighted by Crippen LogP contribution is 2.24. The van der Waals surface area contributed by atoms with E-state index in [-0.39, 0.29) is 11.9 Å². The van der Waals surface area contributed by atoms with Crippen LogP contribution in [0.3, 0.4) is 0 Å². The molecule has 4 heteroatoms. The van der Waals surface area contributed by atoms with Crippen molar-refractivity contribution < 1.29 is 4.39 Å². The molecule has 1 atom stereocenters. The van der Waals surface area contributed by atoms with Gasteiger partial charge in [-0.25, -0.2) is 4.39 Å². The molecule has 0 saturated heterocycles. The highest BCUT2D eigenvalue weighted by molar-refractivity contribution is 9.13. The zero-order valence-electron chi connectivity index (χ0n) is 10.5. The van der Waals surface area contributed by atoms with E-state index in [4.69, 9.17) is 0 Å². The van der Waals surface area contributed by atoms with Gasteiger partial charge in [-0.2, -0.15) is 0 Å². The summed E-state index contributed by atoms with van der Waals surface area (Å²) in [5.41, 5.74) is 2.13. The first-order chi connectivity index (χ1) is 9.06. The third-order valence-electron chi connectivity index (χ3n) is 2.95. The van der Waals surface area contributed by atoms with Crippen LogP contribution in [0.15, 0.2) is 51.4 Å². The molecule has 1 N–H and O–H groups in total. The largest absolute Gasteiger partial charge is 0.306 e. The van der Waals surface area contributed by atoms with Gasteiger partial charge in [-0.3, -0.25) is 0 Å². The van der Waals surface area contributed by atoms with Gasteiger partial charge in [0, 0.05) is 21.5 Å². The highest BCUT2D eigenvalue weighted by atomic mass is 79.9. The van der Waals surface area contributed by atoms with Crippen molar-refractivity contribution in [3.63, 3.8) is 0 Å². The van der Waals surface area contributed by atoms with E-state index < -0.39 is 0 Å². The molecule has 0 aromatic heterocycles. The van der Waals surface area contributed by atoms with Gasteiger partial charge in [0.1, 0.15) is 5.82 Å². The molecule has 0 bridgehead atoms. The van der Waals surface area contributed by atoms with Crippen molar-refractivity contribution in [2.45, 2.75) is 19.5 Å². The molecule has 0 fully saturated rings. The number of benzene rings is 2. The van der Waals surface area contributed by atoms with E-state index >= 15 is 0 Å². The summed E-state index contributed by atoms with van der Waals surface area (Å²) in [6, 6.07) is 12.9. The van der Waals surface area contributed by atoms with Gasteiger partial charge in [0.2, 0.25) is 0 Å². The number of nitrogens with one attached hydrogen (secondary N) is 1. The van der Waals surface area contributed by atoms with Gasteiger partial charge < -0.3 is 5.32 Å². The second-order valence-electron chi connectivity index (χ2n) is 4.41. The summed E-state index contributed by atoms with van der Waals surface area (Å²) in [6.07, 6.45) is 0. The predicted octanol–water partition coefficient (Wildman–Crippen LogP) is 5.20. The Bertz CT molecular complexity index is 572.